The van der Waals surface area contributed by atoms with Gasteiger partial charge < -0.3 is 5.32 Å². The second-order valence-electron chi connectivity index (χ2n) is 5.34. The Labute approximate surface area is 130 Å². The molecule has 1 N–H and O–H groups in total. The Hall–Kier alpha value is -2.51. The maximum absolute atomic E-state index is 12.5. The van der Waals surface area contributed by atoms with E-state index >= 15 is 0 Å². The van der Waals surface area contributed by atoms with E-state index in [1.165, 1.54) is 0 Å². The minimum Gasteiger partial charge on any atom is -0.353 e. The van der Waals surface area contributed by atoms with E-state index < -0.39 is 12.0 Å². The van der Waals surface area contributed by atoms with Crippen molar-refractivity contribution in [3.8, 4) is 11.1 Å². The van der Waals surface area contributed by atoms with Gasteiger partial charge in [-0.15, -0.1) is 0 Å². The molecule has 0 spiro atoms. The molecule has 1 aliphatic carbocycles. The Morgan fingerprint density at radius 2 is 1.87 bits per heavy atom. The average molecular weight is 322 g/mol. The first-order chi connectivity index (χ1) is 11.0. The number of carbonyl (C=O) groups excluding carboxylic acids is 1. The van der Waals surface area contributed by atoms with Crippen molar-refractivity contribution in [2.24, 2.45) is 0 Å². The molecule has 0 aromatic carbocycles. The third-order valence-corrected chi connectivity index (χ3v) is 3.50. The SMILES string of the molecule is O=CNCc1cc(-c2cnc(C(F)(F)F)nc2)cc(C2CC2)n1. The fourth-order valence-corrected chi connectivity index (χ4v) is 2.23. The zero-order chi connectivity index (χ0) is 16.4. The molecule has 120 valence electrons. The van der Waals surface area contributed by atoms with Crippen molar-refractivity contribution in [1.82, 2.24) is 20.3 Å². The molecule has 0 saturated heterocycles. The first kappa shape index (κ1) is 15.4. The van der Waals surface area contributed by atoms with Gasteiger partial charge in [0.25, 0.3) is 0 Å². The molecule has 1 saturated carbocycles. The fourth-order valence-electron chi connectivity index (χ4n) is 2.23. The number of halogens is 3. The van der Waals surface area contributed by atoms with Crippen molar-refractivity contribution < 1.29 is 18.0 Å². The quantitative estimate of drug-likeness (QED) is 0.860. The van der Waals surface area contributed by atoms with Gasteiger partial charge in [0, 0.05) is 29.6 Å². The number of carbonyl (C=O) groups is 1. The summed E-state index contributed by atoms with van der Waals surface area (Å²) in [6, 6.07) is 3.56. The zero-order valence-electron chi connectivity index (χ0n) is 12.0. The molecule has 0 bridgehead atoms. The smallest absolute Gasteiger partial charge is 0.353 e. The van der Waals surface area contributed by atoms with Gasteiger partial charge in [0.15, 0.2) is 0 Å². The normalized spacial score (nSPS) is 14.6. The third-order valence-electron chi connectivity index (χ3n) is 3.50. The van der Waals surface area contributed by atoms with Gasteiger partial charge >= 0.3 is 6.18 Å². The predicted molar refractivity (Wildman–Crippen MR) is 75.1 cm³/mol. The van der Waals surface area contributed by atoms with E-state index in [1.807, 2.05) is 6.07 Å². The number of nitrogens with one attached hydrogen (secondary N) is 1. The second kappa shape index (κ2) is 5.94. The Kier molecular flexibility index (Phi) is 3.97. The lowest BCUT2D eigenvalue weighted by Crippen LogP contribution is -2.12. The van der Waals surface area contributed by atoms with E-state index in [-0.39, 0.29) is 6.54 Å². The molecule has 1 amide bonds. The highest BCUT2D eigenvalue weighted by Crippen LogP contribution is 2.40. The molecule has 0 unspecified atom stereocenters. The lowest BCUT2D eigenvalue weighted by atomic mass is 10.1. The van der Waals surface area contributed by atoms with Crippen LogP contribution >= 0.6 is 0 Å². The lowest BCUT2D eigenvalue weighted by molar-refractivity contribution is -0.145. The standard InChI is InChI=1S/C15H13F3N4O/c16-15(17,18)14-20-5-11(6-21-14)10-3-12(7-19-8-23)22-13(4-10)9-1-2-9/h3-6,8-9H,1-2,7H2,(H,19,23). The fraction of sp³-hybridized carbons (Fsp3) is 0.333. The van der Waals surface area contributed by atoms with Gasteiger partial charge in [-0.25, -0.2) is 9.97 Å². The van der Waals surface area contributed by atoms with Crippen molar-refractivity contribution in [1.29, 1.82) is 0 Å². The van der Waals surface area contributed by atoms with Crippen molar-refractivity contribution in [2.75, 3.05) is 0 Å². The predicted octanol–water partition coefficient (Wildman–Crippen LogP) is 2.68. The highest BCUT2D eigenvalue weighted by molar-refractivity contribution is 5.63. The number of hydrogen-bond acceptors (Lipinski definition) is 4. The molecule has 3 rings (SSSR count). The second-order valence-corrected chi connectivity index (χ2v) is 5.34. The lowest BCUT2D eigenvalue weighted by Gasteiger charge is -2.09. The van der Waals surface area contributed by atoms with Gasteiger partial charge in [-0.1, -0.05) is 0 Å². The molecule has 1 aliphatic rings. The minimum absolute atomic E-state index is 0.262. The summed E-state index contributed by atoms with van der Waals surface area (Å²) < 4.78 is 37.6. The topological polar surface area (TPSA) is 67.8 Å². The summed E-state index contributed by atoms with van der Waals surface area (Å²) >= 11 is 0. The zero-order valence-corrected chi connectivity index (χ0v) is 12.0. The minimum atomic E-state index is -4.56. The largest absolute Gasteiger partial charge is 0.451 e. The molecule has 2 heterocycles. The summed E-state index contributed by atoms with van der Waals surface area (Å²) in [6.07, 6.45) is 0.403. The van der Waals surface area contributed by atoms with E-state index in [4.69, 9.17) is 0 Å². The third kappa shape index (κ3) is 3.64. The van der Waals surface area contributed by atoms with E-state index in [0.29, 0.717) is 29.1 Å². The van der Waals surface area contributed by atoms with Gasteiger partial charge in [0.2, 0.25) is 12.2 Å². The number of rotatable bonds is 5. The van der Waals surface area contributed by atoms with Crippen LogP contribution < -0.4 is 5.32 Å². The number of aromatic nitrogens is 3. The Bertz CT molecular complexity index is 712. The van der Waals surface area contributed by atoms with E-state index in [9.17, 15) is 18.0 Å². The van der Waals surface area contributed by atoms with Gasteiger partial charge in [-0.2, -0.15) is 13.2 Å². The molecule has 2 aromatic rings. The van der Waals surface area contributed by atoms with Crippen LogP contribution in [0.25, 0.3) is 11.1 Å². The van der Waals surface area contributed by atoms with Crippen molar-refractivity contribution >= 4 is 6.41 Å². The van der Waals surface area contributed by atoms with Crippen molar-refractivity contribution in [3.05, 3.63) is 41.7 Å². The molecule has 1 fully saturated rings. The number of alkyl halides is 3. The first-order valence-corrected chi connectivity index (χ1v) is 7.05. The number of pyridine rings is 1. The summed E-state index contributed by atoms with van der Waals surface area (Å²) in [5, 5.41) is 2.54. The molecular weight excluding hydrogens is 309 g/mol. The van der Waals surface area contributed by atoms with Crippen LogP contribution in [0.15, 0.2) is 24.5 Å². The maximum atomic E-state index is 12.5. The summed E-state index contributed by atoms with van der Waals surface area (Å²) in [4.78, 5) is 21.7. The molecule has 0 atom stereocenters. The van der Waals surface area contributed by atoms with Gasteiger partial charge in [0.05, 0.1) is 12.2 Å². The molecule has 8 heteroatoms. The molecule has 0 aliphatic heterocycles. The van der Waals surface area contributed by atoms with E-state index in [1.54, 1.807) is 6.07 Å². The van der Waals surface area contributed by atoms with Crippen LogP contribution in [0.2, 0.25) is 0 Å². The van der Waals surface area contributed by atoms with Gasteiger partial charge in [0.1, 0.15) is 0 Å². The monoisotopic (exact) mass is 322 g/mol. The van der Waals surface area contributed by atoms with Crippen LogP contribution in [0.3, 0.4) is 0 Å². The maximum Gasteiger partial charge on any atom is 0.451 e. The highest BCUT2D eigenvalue weighted by Gasteiger charge is 2.34. The van der Waals surface area contributed by atoms with Crippen LogP contribution in [0.4, 0.5) is 13.2 Å². The summed E-state index contributed by atoms with van der Waals surface area (Å²) in [6.45, 7) is 0.262. The summed E-state index contributed by atoms with van der Waals surface area (Å²) in [7, 11) is 0. The number of hydrogen-bond donors (Lipinski definition) is 1. The average Bonchev–Trinajstić information content (AvgIpc) is 3.37. The summed E-state index contributed by atoms with van der Waals surface area (Å²) in [5.74, 6) is -0.791. The Morgan fingerprint density at radius 3 is 2.43 bits per heavy atom. The molecule has 0 radical (unpaired) electrons. The molecule has 23 heavy (non-hydrogen) atoms. The highest BCUT2D eigenvalue weighted by atomic mass is 19.4. The number of nitrogens with zero attached hydrogens (tertiary/aromatic N) is 3. The van der Waals surface area contributed by atoms with Crippen molar-refractivity contribution in [2.45, 2.75) is 31.5 Å². The van der Waals surface area contributed by atoms with Crippen LogP contribution in [0, 0.1) is 0 Å². The van der Waals surface area contributed by atoms with E-state index in [2.05, 4.69) is 20.3 Å². The number of amides is 1. The van der Waals surface area contributed by atoms with Gasteiger partial charge in [-0.05, 0) is 30.5 Å². The van der Waals surface area contributed by atoms with Gasteiger partial charge in [-0.3, -0.25) is 9.78 Å². The van der Waals surface area contributed by atoms with E-state index in [0.717, 1.165) is 30.9 Å². The summed E-state index contributed by atoms with van der Waals surface area (Å²) in [5.41, 5.74) is 2.70. The van der Waals surface area contributed by atoms with Crippen molar-refractivity contribution in [3.63, 3.8) is 0 Å². The Morgan fingerprint density at radius 1 is 1.17 bits per heavy atom. The van der Waals surface area contributed by atoms with Crippen LogP contribution in [0.5, 0.6) is 0 Å². The molecular formula is C15H13F3N4O. The molecule has 5 nitrogen and oxygen atoms in total. The van der Waals surface area contributed by atoms with Crippen LogP contribution in [-0.4, -0.2) is 21.4 Å². The Balaban J connectivity index is 1.94. The first-order valence-electron chi connectivity index (χ1n) is 7.05. The van der Waals surface area contributed by atoms with Crippen LogP contribution in [0.1, 0.15) is 36.0 Å². The van der Waals surface area contributed by atoms with Crippen LogP contribution in [-0.2, 0) is 17.5 Å². The molecule has 2 aromatic heterocycles.